The maximum Gasteiger partial charge on any atom is 0.328 e. The van der Waals surface area contributed by atoms with Gasteiger partial charge in [0.05, 0.1) is 23.0 Å². The van der Waals surface area contributed by atoms with E-state index < -0.39 is 10.0 Å². The van der Waals surface area contributed by atoms with Gasteiger partial charge < -0.3 is 9.64 Å². The van der Waals surface area contributed by atoms with E-state index in [0.717, 1.165) is 0 Å². The van der Waals surface area contributed by atoms with E-state index in [1.165, 1.54) is 32.7 Å². The lowest BCUT2D eigenvalue weighted by Crippen LogP contribution is -2.50. The van der Waals surface area contributed by atoms with E-state index in [1.807, 2.05) is 0 Å². The van der Waals surface area contributed by atoms with E-state index in [9.17, 15) is 18.0 Å². The zero-order chi connectivity index (χ0) is 22.3. The molecule has 1 fully saturated rings. The molecule has 0 aliphatic carbocycles. The Hall–Kier alpha value is -3.11. The van der Waals surface area contributed by atoms with E-state index in [4.69, 9.17) is 4.74 Å². The van der Waals surface area contributed by atoms with Gasteiger partial charge in [-0.15, -0.1) is 0 Å². The smallest absolute Gasteiger partial charge is 0.328 e. The van der Waals surface area contributed by atoms with Crippen LogP contribution in [0.4, 0.5) is 0 Å². The fourth-order valence-electron chi connectivity index (χ4n) is 3.87. The van der Waals surface area contributed by atoms with E-state index in [2.05, 4.69) is 0 Å². The molecule has 0 unspecified atom stereocenters. The maximum atomic E-state index is 13.2. The SMILES string of the molecule is COc1cccc(C(=O)N2CCN(S(=O)(=O)c3ccc4c(c3)n(C)c(=O)n4C)CC2)c1. The van der Waals surface area contributed by atoms with Crippen LogP contribution in [0.1, 0.15) is 10.4 Å². The minimum atomic E-state index is -3.75. The first kappa shape index (κ1) is 21.1. The Kier molecular flexibility index (Phi) is 5.36. The lowest BCUT2D eigenvalue weighted by atomic mass is 10.1. The van der Waals surface area contributed by atoms with Crippen molar-refractivity contribution in [2.75, 3.05) is 33.3 Å². The van der Waals surface area contributed by atoms with Crippen molar-refractivity contribution in [3.8, 4) is 5.75 Å². The highest BCUT2D eigenvalue weighted by molar-refractivity contribution is 7.89. The Bertz CT molecular complexity index is 1320. The third-order valence-electron chi connectivity index (χ3n) is 5.72. The number of sulfonamides is 1. The molecule has 164 valence electrons. The molecule has 0 saturated carbocycles. The number of carbonyl (C=O) groups is 1. The molecular weight excluding hydrogens is 420 g/mol. The van der Waals surface area contributed by atoms with Gasteiger partial charge in [-0.1, -0.05) is 6.07 Å². The number of amides is 1. The third-order valence-corrected chi connectivity index (χ3v) is 7.62. The van der Waals surface area contributed by atoms with Crippen LogP contribution < -0.4 is 10.4 Å². The molecule has 1 aromatic heterocycles. The molecule has 31 heavy (non-hydrogen) atoms. The first-order chi connectivity index (χ1) is 14.7. The van der Waals surface area contributed by atoms with Crippen LogP contribution in [0.3, 0.4) is 0 Å². The highest BCUT2D eigenvalue weighted by atomic mass is 32.2. The molecule has 0 bridgehead atoms. The summed E-state index contributed by atoms with van der Waals surface area (Å²) in [6.45, 7) is 0.982. The summed E-state index contributed by atoms with van der Waals surface area (Å²) in [7, 11) is 1.06. The van der Waals surface area contributed by atoms with Gasteiger partial charge in [0.25, 0.3) is 5.91 Å². The van der Waals surface area contributed by atoms with E-state index in [-0.39, 0.29) is 29.6 Å². The molecule has 3 aromatic rings. The van der Waals surface area contributed by atoms with Gasteiger partial charge >= 0.3 is 5.69 Å². The predicted octanol–water partition coefficient (Wildman–Crippen LogP) is 1.03. The number of imidazole rings is 1. The second-order valence-corrected chi connectivity index (χ2v) is 9.42. The van der Waals surface area contributed by atoms with E-state index in [0.29, 0.717) is 35.4 Å². The molecule has 2 heterocycles. The summed E-state index contributed by atoms with van der Waals surface area (Å²) in [5.41, 5.74) is 1.51. The predicted molar refractivity (Wildman–Crippen MR) is 116 cm³/mol. The number of aromatic nitrogens is 2. The summed E-state index contributed by atoms with van der Waals surface area (Å²) in [5.74, 6) is 0.439. The second-order valence-electron chi connectivity index (χ2n) is 7.48. The molecular formula is C21H24N4O5S. The highest BCUT2D eigenvalue weighted by Crippen LogP contribution is 2.23. The van der Waals surface area contributed by atoms with Crippen LogP contribution in [0.5, 0.6) is 5.75 Å². The molecule has 1 saturated heterocycles. The van der Waals surface area contributed by atoms with Crippen molar-refractivity contribution in [3.05, 3.63) is 58.5 Å². The minimum absolute atomic E-state index is 0.133. The van der Waals surface area contributed by atoms with Crippen molar-refractivity contribution >= 4 is 27.0 Å². The fourth-order valence-corrected chi connectivity index (χ4v) is 5.31. The number of nitrogens with zero attached hydrogens (tertiary/aromatic N) is 4. The zero-order valence-electron chi connectivity index (χ0n) is 17.6. The van der Waals surface area contributed by atoms with E-state index in [1.54, 1.807) is 49.3 Å². The van der Waals surface area contributed by atoms with E-state index >= 15 is 0 Å². The number of aryl methyl sites for hydroxylation is 2. The molecule has 4 rings (SSSR count). The molecule has 0 N–H and O–H groups in total. The van der Waals surface area contributed by atoms with Crippen molar-refractivity contribution in [2.45, 2.75) is 4.90 Å². The lowest BCUT2D eigenvalue weighted by Gasteiger charge is -2.34. The van der Waals surface area contributed by atoms with Crippen LogP contribution in [0.15, 0.2) is 52.2 Å². The molecule has 1 aliphatic rings. The van der Waals surface area contributed by atoms with Crippen molar-refractivity contribution in [3.63, 3.8) is 0 Å². The number of fused-ring (bicyclic) bond motifs is 1. The number of carbonyl (C=O) groups excluding carboxylic acids is 1. The molecule has 0 radical (unpaired) electrons. The fraction of sp³-hybridized carbons (Fsp3) is 0.333. The Balaban J connectivity index is 1.52. The van der Waals surface area contributed by atoms with Crippen molar-refractivity contribution in [1.29, 1.82) is 0 Å². The van der Waals surface area contributed by atoms with Crippen LogP contribution in [0.2, 0.25) is 0 Å². The molecule has 0 atom stereocenters. The van der Waals surface area contributed by atoms with Crippen LogP contribution in [0, 0.1) is 0 Å². The summed E-state index contributed by atoms with van der Waals surface area (Å²) in [6, 6.07) is 11.6. The molecule has 1 amide bonds. The summed E-state index contributed by atoms with van der Waals surface area (Å²) in [6.07, 6.45) is 0. The van der Waals surface area contributed by atoms with Crippen LogP contribution in [-0.2, 0) is 24.1 Å². The number of ether oxygens (including phenoxy) is 1. The van der Waals surface area contributed by atoms with Crippen LogP contribution in [0.25, 0.3) is 11.0 Å². The molecule has 10 heteroatoms. The minimum Gasteiger partial charge on any atom is -0.497 e. The number of piperazine rings is 1. The number of benzene rings is 2. The zero-order valence-corrected chi connectivity index (χ0v) is 18.4. The summed E-state index contributed by atoms with van der Waals surface area (Å²) < 4.78 is 35.8. The van der Waals surface area contributed by atoms with Crippen molar-refractivity contribution in [2.24, 2.45) is 14.1 Å². The molecule has 1 aliphatic heterocycles. The number of rotatable bonds is 4. The first-order valence-electron chi connectivity index (χ1n) is 9.83. The number of methoxy groups -OCH3 is 1. The Morgan fingerprint density at radius 3 is 2.29 bits per heavy atom. The summed E-state index contributed by atoms with van der Waals surface area (Å²) in [4.78, 5) is 26.7. The van der Waals surface area contributed by atoms with Gasteiger partial charge in [0, 0.05) is 45.8 Å². The quantitative estimate of drug-likeness (QED) is 0.599. The lowest BCUT2D eigenvalue weighted by molar-refractivity contribution is 0.0697. The Labute approximate surface area is 180 Å². The topological polar surface area (TPSA) is 93.8 Å². The van der Waals surface area contributed by atoms with Crippen molar-refractivity contribution in [1.82, 2.24) is 18.3 Å². The Morgan fingerprint density at radius 2 is 1.61 bits per heavy atom. The number of hydrogen-bond donors (Lipinski definition) is 0. The third kappa shape index (κ3) is 3.61. The van der Waals surface area contributed by atoms with Gasteiger partial charge in [-0.2, -0.15) is 4.31 Å². The van der Waals surface area contributed by atoms with Gasteiger partial charge in [0.2, 0.25) is 10.0 Å². The normalized spacial score (nSPS) is 15.4. The van der Waals surface area contributed by atoms with Crippen LogP contribution in [-0.4, -0.2) is 66.0 Å². The number of hydrogen-bond acceptors (Lipinski definition) is 5. The van der Waals surface area contributed by atoms with Gasteiger partial charge in [-0.25, -0.2) is 13.2 Å². The van der Waals surface area contributed by atoms with Gasteiger partial charge in [0.15, 0.2) is 0 Å². The average molecular weight is 445 g/mol. The highest BCUT2D eigenvalue weighted by Gasteiger charge is 2.31. The maximum absolute atomic E-state index is 13.2. The van der Waals surface area contributed by atoms with Gasteiger partial charge in [-0.3, -0.25) is 13.9 Å². The van der Waals surface area contributed by atoms with Gasteiger partial charge in [0.1, 0.15) is 5.75 Å². The first-order valence-corrected chi connectivity index (χ1v) is 11.3. The van der Waals surface area contributed by atoms with Gasteiger partial charge in [-0.05, 0) is 36.4 Å². The standard InChI is InChI=1S/C21H24N4O5S/c1-22-18-8-7-17(14-19(18)23(2)21(22)27)31(28,29)25-11-9-24(10-12-25)20(26)15-5-4-6-16(13-15)30-3/h4-8,13-14H,9-12H2,1-3H3. The summed E-state index contributed by atoms with van der Waals surface area (Å²) in [5, 5.41) is 0. The second kappa shape index (κ2) is 7.86. The monoisotopic (exact) mass is 444 g/mol. The average Bonchev–Trinajstić information content (AvgIpc) is 3.02. The molecule has 9 nitrogen and oxygen atoms in total. The summed E-state index contributed by atoms with van der Waals surface area (Å²) >= 11 is 0. The molecule has 0 spiro atoms. The van der Waals surface area contributed by atoms with Crippen molar-refractivity contribution < 1.29 is 17.9 Å². The largest absolute Gasteiger partial charge is 0.497 e. The van der Waals surface area contributed by atoms with Crippen LogP contribution >= 0.6 is 0 Å². The molecule has 2 aromatic carbocycles. The Morgan fingerprint density at radius 1 is 0.935 bits per heavy atom.